The van der Waals surface area contributed by atoms with Crippen molar-refractivity contribution in [1.82, 2.24) is 15.3 Å². The van der Waals surface area contributed by atoms with Crippen LogP contribution in [-0.2, 0) is 6.54 Å². The lowest BCUT2D eigenvalue weighted by atomic mass is 10.2. The lowest BCUT2D eigenvalue weighted by Gasteiger charge is -2.03. The number of halogens is 1. The van der Waals surface area contributed by atoms with Crippen molar-refractivity contribution < 1.29 is 4.79 Å². The van der Waals surface area contributed by atoms with Crippen molar-refractivity contribution in [3.63, 3.8) is 0 Å². The van der Waals surface area contributed by atoms with Crippen LogP contribution in [0.15, 0.2) is 54.2 Å². The number of thiazole rings is 1. The molecule has 4 nitrogen and oxygen atoms in total. The van der Waals surface area contributed by atoms with Gasteiger partial charge in [0, 0.05) is 33.9 Å². The first-order chi connectivity index (χ1) is 10.7. The Hall–Kier alpha value is -2.24. The van der Waals surface area contributed by atoms with Gasteiger partial charge in [-0.2, -0.15) is 0 Å². The van der Waals surface area contributed by atoms with E-state index in [-0.39, 0.29) is 5.91 Å². The summed E-state index contributed by atoms with van der Waals surface area (Å²) in [7, 11) is 0. The molecule has 1 aromatic carbocycles. The van der Waals surface area contributed by atoms with E-state index in [2.05, 4.69) is 15.3 Å². The fraction of sp³-hybridized carbons (Fsp3) is 0.0625. The Morgan fingerprint density at radius 1 is 1.14 bits per heavy atom. The summed E-state index contributed by atoms with van der Waals surface area (Å²) in [6.07, 6.45) is 3.47. The quantitative estimate of drug-likeness (QED) is 0.792. The minimum Gasteiger partial charge on any atom is -0.346 e. The molecule has 6 heteroatoms. The molecular formula is C16H12ClN3OS. The fourth-order valence-corrected chi connectivity index (χ4v) is 2.78. The standard InChI is InChI=1S/C16H12ClN3OS/c17-13-3-1-12(2-4-13)16(21)19-9-15-20-14(10-22-15)11-5-7-18-8-6-11/h1-8,10H,9H2,(H,19,21). The predicted octanol–water partition coefficient (Wildman–Crippen LogP) is 3.79. The highest BCUT2D eigenvalue weighted by Gasteiger charge is 2.08. The predicted molar refractivity (Wildman–Crippen MR) is 88.0 cm³/mol. The molecule has 0 fully saturated rings. The number of aromatic nitrogens is 2. The number of hydrogen-bond acceptors (Lipinski definition) is 4. The van der Waals surface area contributed by atoms with Crippen molar-refractivity contribution in [3.8, 4) is 11.3 Å². The van der Waals surface area contributed by atoms with E-state index in [0.717, 1.165) is 16.3 Å². The summed E-state index contributed by atoms with van der Waals surface area (Å²) in [4.78, 5) is 20.5. The van der Waals surface area contributed by atoms with Crippen LogP contribution < -0.4 is 5.32 Å². The van der Waals surface area contributed by atoms with Gasteiger partial charge in [0.2, 0.25) is 0 Å². The van der Waals surface area contributed by atoms with E-state index in [0.29, 0.717) is 17.1 Å². The minimum absolute atomic E-state index is 0.141. The zero-order valence-electron chi connectivity index (χ0n) is 11.5. The first kappa shape index (κ1) is 14.7. The summed E-state index contributed by atoms with van der Waals surface area (Å²) in [6, 6.07) is 10.6. The van der Waals surface area contributed by atoms with Gasteiger partial charge < -0.3 is 5.32 Å². The summed E-state index contributed by atoms with van der Waals surface area (Å²) in [6.45, 7) is 0.400. The van der Waals surface area contributed by atoms with E-state index >= 15 is 0 Å². The first-order valence-corrected chi connectivity index (χ1v) is 7.87. The van der Waals surface area contributed by atoms with Crippen molar-refractivity contribution in [2.45, 2.75) is 6.54 Å². The number of amides is 1. The van der Waals surface area contributed by atoms with E-state index in [1.54, 1.807) is 36.7 Å². The Balaban J connectivity index is 1.64. The van der Waals surface area contributed by atoms with E-state index in [1.165, 1.54) is 11.3 Å². The molecule has 0 radical (unpaired) electrons. The van der Waals surface area contributed by atoms with Crippen molar-refractivity contribution in [2.75, 3.05) is 0 Å². The molecule has 2 heterocycles. The Labute approximate surface area is 136 Å². The van der Waals surface area contributed by atoms with Gasteiger partial charge in [-0.3, -0.25) is 9.78 Å². The molecule has 0 spiro atoms. The highest BCUT2D eigenvalue weighted by atomic mass is 35.5. The maximum atomic E-state index is 12.0. The van der Waals surface area contributed by atoms with Crippen molar-refractivity contribution in [2.24, 2.45) is 0 Å². The van der Waals surface area contributed by atoms with Gasteiger partial charge in [-0.1, -0.05) is 11.6 Å². The number of nitrogens with zero attached hydrogens (tertiary/aromatic N) is 2. The van der Waals surface area contributed by atoms with Gasteiger partial charge in [-0.15, -0.1) is 11.3 Å². The van der Waals surface area contributed by atoms with Crippen molar-refractivity contribution in [3.05, 3.63) is 69.8 Å². The first-order valence-electron chi connectivity index (χ1n) is 6.61. The summed E-state index contributed by atoms with van der Waals surface area (Å²) in [5.41, 5.74) is 2.49. The average Bonchev–Trinajstić information content (AvgIpc) is 3.03. The molecule has 3 aromatic rings. The molecule has 0 atom stereocenters. The summed E-state index contributed by atoms with van der Waals surface area (Å²) < 4.78 is 0. The SMILES string of the molecule is O=C(NCc1nc(-c2ccncc2)cs1)c1ccc(Cl)cc1. The monoisotopic (exact) mass is 329 g/mol. The highest BCUT2D eigenvalue weighted by Crippen LogP contribution is 2.21. The summed E-state index contributed by atoms with van der Waals surface area (Å²) in [5, 5.41) is 6.29. The average molecular weight is 330 g/mol. The van der Waals surface area contributed by atoms with Gasteiger partial charge in [-0.05, 0) is 36.4 Å². The Bertz CT molecular complexity index is 772. The summed E-state index contributed by atoms with van der Waals surface area (Å²) in [5.74, 6) is -0.141. The molecule has 3 rings (SSSR count). The second-order valence-corrected chi connectivity index (χ2v) is 5.93. The molecule has 110 valence electrons. The van der Waals surface area contributed by atoms with Crippen molar-refractivity contribution in [1.29, 1.82) is 0 Å². The third-order valence-electron chi connectivity index (χ3n) is 3.03. The van der Waals surface area contributed by atoms with Crippen molar-refractivity contribution >= 4 is 28.8 Å². The Morgan fingerprint density at radius 2 is 1.86 bits per heavy atom. The third kappa shape index (κ3) is 3.50. The van der Waals surface area contributed by atoms with E-state index in [1.807, 2.05) is 17.5 Å². The smallest absolute Gasteiger partial charge is 0.251 e. The number of carbonyl (C=O) groups is 1. The number of rotatable bonds is 4. The van der Waals surface area contributed by atoms with Gasteiger partial charge in [-0.25, -0.2) is 4.98 Å². The summed E-state index contributed by atoms with van der Waals surface area (Å²) >= 11 is 7.32. The van der Waals surface area contributed by atoms with E-state index < -0.39 is 0 Å². The Morgan fingerprint density at radius 3 is 2.59 bits per heavy atom. The Kier molecular flexibility index (Phi) is 4.46. The molecule has 1 N–H and O–H groups in total. The minimum atomic E-state index is -0.141. The van der Waals surface area contributed by atoms with Crippen LogP contribution in [0.2, 0.25) is 5.02 Å². The van der Waals surface area contributed by atoms with Gasteiger partial charge >= 0.3 is 0 Å². The largest absolute Gasteiger partial charge is 0.346 e. The molecular weight excluding hydrogens is 318 g/mol. The molecule has 0 aliphatic heterocycles. The molecule has 22 heavy (non-hydrogen) atoms. The lowest BCUT2D eigenvalue weighted by Crippen LogP contribution is -2.22. The normalized spacial score (nSPS) is 10.4. The van der Waals surface area contributed by atoms with E-state index in [9.17, 15) is 4.79 Å². The molecule has 1 amide bonds. The molecule has 0 bridgehead atoms. The van der Waals surface area contributed by atoms with Crippen LogP contribution in [0.25, 0.3) is 11.3 Å². The highest BCUT2D eigenvalue weighted by molar-refractivity contribution is 7.09. The van der Waals surface area contributed by atoms with Crippen LogP contribution in [0.4, 0.5) is 0 Å². The third-order valence-corrected chi connectivity index (χ3v) is 4.14. The van der Waals surface area contributed by atoms with Crippen LogP contribution in [-0.4, -0.2) is 15.9 Å². The molecule has 0 unspecified atom stereocenters. The fourth-order valence-electron chi connectivity index (χ4n) is 1.91. The lowest BCUT2D eigenvalue weighted by molar-refractivity contribution is 0.0951. The zero-order chi connectivity index (χ0) is 15.4. The second kappa shape index (κ2) is 6.68. The second-order valence-electron chi connectivity index (χ2n) is 4.55. The number of nitrogens with one attached hydrogen (secondary N) is 1. The molecule has 0 aliphatic rings. The van der Waals surface area contributed by atoms with Crippen LogP contribution >= 0.6 is 22.9 Å². The van der Waals surface area contributed by atoms with Crippen LogP contribution in [0.5, 0.6) is 0 Å². The molecule has 0 saturated carbocycles. The van der Waals surface area contributed by atoms with Gasteiger partial charge in [0.1, 0.15) is 5.01 Å². The maximum absolute atomic E-state index is 12.0. The number of carbonyl (C=O) groups excluding carboxylic acids is 1. The van der Waals surface area contributed by atoms with Gasteiger partial charge in [0.25, 0.3) is 5.91 Å². The van der Waals surface area contributed by atoms with Gasteiger partial charge in [0.15, 0.2) is 0 Å². The maximum Gasteiger partial charge on any atom is 0.251 e. The van der Waals surface area contributed by atoms with Crippen LogP contribution in [0, 0.1) is 0 Å². The van der Waals surface area contributed by atoms with Crippen LogP contribution in [0.3, 0.4) is 0 Å². The molecule has 0 saturated heterocycles. The topological polar surface area (TPSA) is 54.9 Å². The number of pyridine rings is 1. The zero-order valence-corrected chi connectivity index (χ0v) is 13.1. The van der Waals surface area contributed by atoms with Crippen LogP contribution in [0.1, 0.15) is 15.4 Å². The van der Waals surface area contributed by atoms with Gasteiger partial charge in [0.05, 0.1) is 12.2 Å². The number of benzene rings is 1. The van der Waals surface area contributed by atoms with E-state index in [4.69, 9.17) is 11.6 Å². The number of hydrogen-bond donors (Lipinski definition) is 1. The molecule has 2 aromatic heterocycles. The molecule has 0 aliphatic carbocycles.